The number of rotatable bonds is 9. The summed E-state index contributed by atoms with van der Waals surface area (Å²) in [5, 5.41) is 6.31. The van der Waals surface area contributed by atoms with Crippen LogP contribution in [0.1, 0.15) is 40.1 Å². The molecule has 4 rings (SSSR count). The lowest BCUT2D eigenvalue weighted by molar-refractivity contribution is 0.0948. The van der Waals surface area contributed by atoms with Gasteiger partial charge in [-0.15, -0.1) is 0 Å². The molecule has 37 heavy (non-hydrogen) atoms. The normalized spacial score (nSPS) is 11.0. The van der Waals surface area contributed by atoms with Gasteiger partial charge in [0.1, 0.15) is 11.3 Å². The van der Waals surface area contributed by atoms with E-state index in [-0.39, 0.29) is 17.2 Å². The number of benzene rings is 3. The average Bonchev–Trinajstić information content (AvgIpc) is 2.92. The van der Waals surface area contributed by atoms with E-state index in [4.69, 9.17) is 4.42 Å². The summed E-state index contributed by atoms with van der Waals surface area (Å²) in [5.41, 5.74) is 3.69. The van der Waals surface area contributed by atoms with Crippen molar-refractivity contribution in [3.8, 4) is 11.3 Å². The van der Waals surface area contributed by atoms with E-state index < -0.39 is 0 Å². The lowest BCUT2D eigenvalue weighted by Gasteiger charge is -2.18. The van der Waals surface area contributed by atoms with Crippen LogP contribution in [0.5, 0.6) is 0 Å². The molecule has 1 aromatic heterocycles. The second-order valence-electron chi connectivity index (χ2n) is 8.87. The minimum absolute atomic E-state index is 0.109. The molecule has 0 bridgehead atoms. The Kier molecular flexibility index (Phi) is 8.15. The van der Waals surface area contributed by atoms with Crippen molar-refractivity contribution in [1.82, 2.24) is 10.2 Å². The van der Waals surface area contributed by atoms with Gasteiger partial charge in [0.05, 0.1) is 5.39 Å². The lowest BCUT2D eigenvalue weighted by Crippen LogP contribution is -2.34. The minimum atomic E-state index is -0.279. The summed E-state index contributed by atoms with van der Waals surface area (Å²) >= 11 is 0. The molecule has 0 fully saturated rings. The van der Waals surface area contributed by atoms with Crippen LogP contribution < -0.4 is 16.1 Å². The zero-order valence-electron chi connectivity index (χ0n) is 21.3. The van der Waals surface area contributed by atoms with Gasteiger partial charge in [-0.3, -0.25) is 14.4 Å². The fourth-order valence-electron chi connectivity index (χ4n) is 4.08. The van der Waals surface area contributed by atoms with Gasteiger partial charge in [-0.2, -0.15) is 0 Å². The predicted octanol–water partition coefficient (Wildman–Crippen LogP) is 5.09. The third-order valence-electron chi connectivity index (χ3n) is 6.33. The summed E-state index contributed by atoms with van der Waals surface area (Å²) in [6, 6.07) is 20.6. The van der Waals surface area contributed by atoms with Crippen molar-refractivity contribution in [2.24, 2.45) is 0 Å². The van der Waals surface area contributed by atoms with Crippen LogP contribution in [-0.4, -0.2) is 42.9 Å². The van der Waals surface area contributed by atoms with E-state index >= 15 is 0 Å². The maximum Gasteiger partial charge on any atom is 0.255 e. The Labute approximate surface area is 216 Å². The van der Waals surface area contributed by atoms with Crippen molar-refractivity contribution in [2.75, 3.05) is 31.5 Å². The zero-order chi connectivity index (χ0) is 26.4. The highest BCUT2D eigenvalue weighted by atomic mass is 16.3. The fraction of sp³-hybridized carbons (Fsp3) is 0.233. The Bertz CT molecular complexity index is 1450. The van der Waals surface area contributed by atoms with Crippen molar-refractivity contribution < 1.29 is 14.0 Å². The van der Waals surface area contributed by atoms with Crippen molar-refractivity contribution in [3.05, 3.63) is 99.7 Å². The van der Waals surface area contributed by atoms with Gasteiger partial charge in [-0.1, -0.05) is 37.6 Å². The monoisotopic (exact) mass is 497 g/mol. The number of carbonyl (C=O) groups is 2. The Hall–Kier alpha value is -4.23. The quantitative estimate of drug-likeness (QED) is 0.336. The largest absolute Gasteiger partial charge is 0.456 e. The number of hydrogen-bond acceptors (Lipinski definition) is 5. The first-order valence-corrected chi connectivity index (χ1v) is 12.4. The molecule has 3 aromatic carbocycles. The zero-order valence-corrected chi connectivity index (χ0v) is 21.3. The first kappa shape index (κ1) is 25.9. The molecule has 0 aliphatic carbocycles. The maximum atomic E-state index is 12.7. The van der Waals surface area contributed by atoms with Gasteiger partial charge in [-0.05, 0) is 68.5 Å². The van der Waals surface area contributed by atoms with Gasteiger partial charge >= 0.3 is 0 Å². The highest BCUT2D eigenvalue weighted by molar-refractivity contribution is 6.04. The standard InChI is InChI=1S/C30H31N3O4/c1-4-33(5-2)17-16-31-29(35)22-11-13-24(14-12-22)32-30(36)23-9-7-21(8-10-23)28-19-26(34)25-18-20(3)6-15-27(25)37-28/h6-15,18-19H,4-5,16-17H2,1-3H3,(H,31,35)(H,32,36). The van der Waals surface area contributed by atoms with Gasteiger partial charge < -0.3 is 20.0 Å². The number of aryl methyl sites for hydroxylation is 1. The van der Waals surface area contributed by atoms with Gasteiger partial charge in [-0.25, -0.2) is 0 Å². The summed E-state index contributed by atoms with van der Waals surface area (Å²) in [7, 11) is 0. The van der Waals surface area contributed by atoms with E-state index in [1.165, 1.54) is 6.07 Å². The predicted molar refractivity (Wildman–Crippen MR) is 147 cm³/mol. The SMILES string of the molecule is CCN(CC)CCNC(=O)c1ccc(NC(=O)c2ccc(-c3cc(=O)c4cc(C)ccc4o3)cc2)cc1. The first-order chi connectivity index (χ1) is 17.9. The molecule has 0 spiro atoms. The number of anilines is 1. The molecular formula is C30H31N3O4. The van der Waals surface area contributed by atoms with E-state index in [9.17, 15) is 14.4 Å². The van der Waals surface area contributed by atoms with Gasteiger partial charge in [0, 0.05) is 41.5 Å². The first-order valence-electron chi connectivity index (χ1n) is 12.4. The molecule has 0 unspecified atom stereocenters. The molecule has 2 amide bonds. The topological polar surface area (TPSA) is 91.7 Å². The van der Waals surface area contributed by atoms with Crippen LogP contribution >= 0.6 is 0 Å². The highest BCUT2D eigenvalue weighted by Gasteiger charge is 2.11. The van der Waals surface area contributed by atoms with Crippen molar-refractivity contribution in [2.45, 2.75) is 20.8 Å². The second-order valence-corrected chi connectivity index (χ2v) is 8.87. The Morgan fingerprint density at radius 3 is 2.16 bits per heavy atom. The molecule has 4 aromatic rings. The summed E-state index contributed by atoms with van der Waals surface area (Å²) in [6.07, 6.45) is 0. The van der Waals surface area contributed by atoms with Crippen LogP contribution in [0.3, 0.4) is 0 Å². The number of nitrogens with zero attached hydrogens (tertiary/aromatic N) is 1. The summed E-state index contributed by atoms with van der Waals surface area (Å²) in [5.74, 6) is 0.0220. The molecule has 0 atom stereocenters. The molecule has 7 heteroatoms. The smallest absolute Gasteiger partial charge is 0.255 e. The van der Waals surface area contributed by atoms with Crippen LogP contribution in [0.15, 0.2) is 82.0 Å². The number of likely N-dealkylation sites (N-methyl/N-ethyl adjacent to an activating group) is 1. The summed E-state index contributed by atoms with van der Waals surface area (Å²) in [6.45, 7) is 9.40. The average molecular weight is 498 g/mol. The van der Waals surface area contributed by atoms with Crippen LogP contribution in [0, 0.1) is 6.92 Å². The van der Waals surface area contributed by atoms with Crippen molar-refractivity contribution in [1.29, 1.82) is 0 Å². The molecule has 190 valence electrons. The minimum Gasteiger partial charge on any atom is -0.456 e. The Morgan fingerprint density at radius 2 is 1.49 bits per heavy atom. The van der Waals surface area contributed by atoms with Crippen LogP contribution in [0.2, 0.25) is 0 Å². The van der Waals surface area contributed by atoms with Gasteiger partial charge in [0.2, 0.25) is 0 Å². The number of carbonyl (C=O) groups excluding carboxylic acids is 2. The van der Waals surface area contributed by atoms with E-state index in [2.05, 4.69) is 29.4 Å². The second kappa shape index (κ2) is 11.7. The Balaban J connectivity index is 1.38. The van der Waals surface area contributed by atoms with Gasteiger partial charge in [0.25, 0.3) is 11.8 Å². The molecule has 0 saturated heterocycles. The molecule has 0 aliphatic rings. The Morgan fingerprint density at radius 1 is 0.838 bits per heavy atom. The van der Waals surface area contributed by atoms with E-state index in [0.717, 1.165) is 25.2 Å². The van der Waals surface area contributed by atoms with E-state index in [1.54, 1.807) is 54.6 Å². The maximum absolute atomic E-state index is 12.7. The molecule has 1 heterocycles. The van der Waals surface area contributed by atoms with Crippen LogP contribution in [0.25, 0.3) is 22.3 Å². The van der Waals surface area contributed by atoms with E-state index in [1.807, 2.05) is 19.1 Å². The van der Waals surface area contributed by atoms with E-state index in [0.29, 0.717) is 45.7 Å². The van der Waals surface area contributed by atoms with Crippen molar-refractivity contribution in [3.63, 3.8) is 0 Å². The number of nitrogens with one attached hydrogen (secondary N) is 2. The molecule has 0 saturated carbocycles. The molecule has 0 aliphatic heterocycles. The third-order valence-corrected chi connectivity index (χ3v) is 6.33. The molecule has 0 radical (unpaired) electrons. The summed E-state index contributed by atoms with van der Waals surface area (Å²) in [4.78, 5) is 39.9. The number of fused-ring (bicyclic) bond motifs is 1. The third kappa shape index (κ3) is 6.32. The molecular weight excluding hydrogens is 466 g/mol. The molecule has 2 N–H and O–H groups in total. The van der Waals surface area contributed by atoms with Crippen LogP contribution in [-0.2, 0) is 0 Å². The highest BCUT2D eigenvalue weighted by Crippen LogP contribution is 2.23. The van der Waals surface area contributed by atoms with Crippen molar-refractivity contribution >= 4 is 28.5 Å². The molecule has 7 nitrogen and oxygen atoms in total. The number of hydrogen-bond donors (Lipinski definition) is 2. The van der Waals surface area contributed by atoms with Gasteiger partial charge in [0.15, 0.2) is 5.43 Å². The fourth-order valence-corrected chi connectivity index (χ4v) is 4.08. The lowest BCUT2D eigenvalue weighted by atomic mass is 10.1. The summed E-state index contributed by atoms with van der Waals surface area (Å²) < 4.78 is 5.92. The number of amides is 2. The van der Waals surface area contributed by atoms with Crippen LogP contribution in [0.4, 0.5) is 5.69 Å².